The molecule has 1 unspecified atom stereocenters. The number of amides is 1. The molecule has 1 aliphatic heterocycles. The molecule has 7 nitrogen and oxygen atoms in total. The number of halogens is 1. The van der Waals surface area contributed by atoms with Crippen LogP contribution < -0.4 is 9.47 Å². The number of benzene rings is 3. The molecule has 37 heavy (non-hydrogen) atoms. The van der Waals surface area contributed by atoms with Gasteiger partial charge in [-0.1, -0.05) is 41.9 Å². The Hall–Kier alpha value is -3.81. The first kappa shape index (κ1) is 26.3. The SMILES string of the molecule is COc1cc(/C(O)=C2/C(=O)C(=O)N(CCCN(C)C)C2c2cccc(Oc3ccccc3)c2)ccc1Cl. The standard InChI is InChI=1S/C29H29ClN2O5/c1-31(2)15-8-16-32-26(19-9-7-12-22(17-19)37-21-10-5-4-6-11-21)25(28(34)29(32)35)27(33)20-13-14-23(30)24(18-20)36-3/h4-7,9-14,17-18,26,33H,8,15-16H2,1-3H3/b27-25-. The van der Waals surface area contributed by atoms with Crippen molar-refractivity contribution < 1.29 is 24.2 Å². The number of hydrogen-bond donors (Lipinski definition) is 1. The zero-order chi connectivity index (χ0) is 26.5. The Morgan fingerprint density at radius 1 is 1.00 bits per heavy atom. The van der Waals surface area contributed by atoms with E-state index in [1.54, 1.807) is 36.4 Å². The van der Waals surface area contributed by atoms with E-state index in [1.165, 1.54) is 12.0 Å². The number of likely N-dealkylation sites (tertiary alicyclic amines) is 1. The first-order valence-electron chi connectivity index (χ1n) is 11.9. The van der Waals surface area contributed by atoms with Gasteiger partial charge in [0.1, 0.15) is 23.0 Å². The van der Waals surface area contributed by atoms with Gasteiger partial charge < -0.3 is 24.4 Å². The Kier molecular flexibility index (Phi) is 8.16. The summed E-state index contributed by atoms with van der Waals surface area (Å²) in [5, 5.41) is 11.7. The van der Waals surface area contributed by atoms with Gasteiger partial charge in [0.2, 0.25) is 0 Å². The Labute approximate surface area is 221 Å². The quantitative estimate of drug-likeness (QED) is 0.227. The first-order chi connectivity index (χ1) is 17.8. The number of ether oxygens (including phenoxy) is 2. The van der Waals surface area contributed by atoms with Crippen molar-refractivity contribution in [3.8, 4) is 17.2 Å². The molecule has 0 spiro atoms. The summed E-state index contributed by atoms with van der Waals surface area (Å²) in [7, 11) is 5.36. The maximum atomic E-state index is 13.3. The van der Waals surface area contributed by atoms with E-state index in [0.29, 0.717) is 46.4 Å². The number of ketones is 1. The van der Waals surface area contributed by atoms with Crippen molar-refractivity contribution in [3.05, 3.63) is 94.5 Å². The van der Waals surface area contributed by atoms with Crippen molar-refractivity contribution in [2.75, 3.05) is 34.3 Å². The fourth-order valence-electron chi connectivity index (χ4n) is 4.35. The van der Waals surface area contributed by atoms with Crippen LogP contribution in [0.1, 0.15) is 23.6 Å². The number of rotatable bonds is 9. The smallest absolute Gasteiger partial charge is 0.295 e. The molecular formula is C29H29ClN2O5. The van der Waals surface area contributed by atoms with E-state index in [4.69, 9.17) is 21.1 Å². The average Bonchev–Trinajstić information content (AvgIpc) is 3.14. The summed E-state index contributed by atoms with van der Waals surface area (Å²) >= 11 is 6.16. The number of Topliss-reactive ketones (excluding diaryl/α,β-unsaturated/α-hetero) is 1. The molecule has 3 aromatic rings. The van der Waals surface area contributed by atoms with Crippen molar-refractivity contribution in [3.63, 3.8) is 0 Å². The third-order valence-electron chi connectivity index (χ3n) is 6.12. The van der Waals surface area contributed by atoms with Crippen LogP contribution in [0.4, 0.5) is 0 Å². The normalized spacial score (nSPS) is 16.9. The Balaban J connectivity index is 1.79. The molecule has 1 N–H and O–H groups in total. The van der Waals surface area contributed by atoms with E-state index < -0.39 is 17.7 Å². The second kappa shape index (κ2) is 11.5. The van der Waals surface area contributed by atoms with Crippen LogP contribution in [0.5, 0.6) is 17.2 Å². The highest BCUT2D eigenvalue weighted by molar-refractivity contribution is 6.46. The molecule has 4 rings (SSSR count). The number of methoxy groups -OCH3 is 1. The van der Waals surface area contributed by atoms with Gasteiger partial charge in [-0.3, -0.25) is 9.59 Å². The molecule has 0 saturated carbocycles. The Morgan fingerprint density at radius 3 is 2.43 bits per heavy atom. The molecule has 1 heterocycles. The predicted molar refractivity (Wildman–Crippen MR) is 143 cm³/mol. The lowest BCUT2D eigenvalue weighted by atomic mass is 9.95. The van der Waals surface area contributed by atoms with Crippen LogP contribution in [0.15, 0.2) is 78.4 Å². The van der Waals surface area contributed by atoms with Crippen LogP contribution in [0.2, 0.25) is 5.02 Å². The van der Waals surface area contributed by atoms with Crippen LogP contribution in [-0.2, 0) is 9.59 Å². The zero-order valence-electron chi connectivity index (χ0n) is 21.0. The molecule has 0 aromatic heterocycles. The molecular weight excluding hydrogens is 492 g/mol. The highest BCUT2D eigenvalue weighted by Crippen LogP contribution is 2.41. The van der Waals surface area contributed by atoms with E-state index in [1.807, 2.05) is 55.4 Å². The van der Waals surface area contributed by atoms with Crippen LogP contribution in [0, 0.1) is 0 Å². The number of carbonyl (C=O) groups excluding carboxylic acids is 2. The van der Waals surface area contributed by atoms with Gasteiger partial charge in [-0.05, 0) is 75.1 Å². The van der Waals surface area contributed by atoms with Gasteiger partial charge in [0, 0.05) is 12.1 Å². The number of aliphatic hydroxyl groups excluding tert-OH is 1. The fourth-order valence-corrected chi connectivity index (χ4v) is 4.54. The van der Waals surface area contributed by atoms with Crippen LogP contribution in [0.3, 0.4) is 0 Å². The topological polar surface area (TPSA) is 79.3 Å². The van der Waals surface area contributed by atoms with Crippen LogP contribution in [-0.4, -0.2) is 60.9 Å². The van der Waals surface area contributed by atoms with Gasteiger partial charge in [-0.25, -0.2) is 0 Å². The monoisotopic (exact) mass is 520 g/mol. The largest absolute Gasteiger partial charge is 0.507 e. The molecule has 0 radical (unpaired) electrons. The second-order valence-corrected chi connectivity index (χ2v) is 9.39. The molecule has 192 valence electrons. The number of para-hydroxylation sites is 1. The third-order valence-corrected chi connectivity index (χ3v) is 6.43. The van der Waals surface area contributed by atoms with Crippen molar-refractivity contribution >= 4 is 29.1 Å². The summed E-state index contributed by atoms with van der Waals surface area (Å²) in [4.78, 5) is 30.0. The summed E-state index contributed by atoms with van der Waals surface area (Å²) in [5.74, 6) is -0.122. The van der Waals surface area contributed by atoms with Crippen LogP contribution in [0.25, 0.3) is 5.76 Å². The highest BCUT2D eigenvalue weighted by atomic mass is 35.5. The average molecular weight is 521 g/mol. The molecule has 3 aromatic carbocycles. The van der Waals surface area contributed by atoms with Gasteiger partial charge in [-0.2, -0.15) is 0 Å². The van der Waals surface area contributed by atoms with Crippen molar-refractivity contribution in [1.29, 1.82) is 0 Å². The summed E-state index contributed by atoms with van der Waals surface area (Å²) in [6.07, 6.45) is 0.658. The zero-order valence-corrected chi connectivity index (χ0v) is 21.7. The molecule has 0 aliphatic carbocycles. The number of carbonyl (C=O) groups is 2. The Morgan fingerprint density at radius 2 is 1.73 bits per heavy atom. The number of aliphatic hydroxyl groups is 1. The van der Waals surface area contributed by atoms with E-state index in [0.717, 1.165) is 6.54 Å². The van der Waals surface area contributed by atoms with Gasteiger partial charge in [0.05, 0.1) is 23.7 Å². The highest BCUT2D eigenvalue weighted by Gasteiger charge is 2.46. The molecule has 8 heteroatoms. The van der Waals surface area contributed by atoms with Crippen molar-refractivity contribution in [2.45, 2.75) is 12.5 Å². The predicted octanol–water partition coefficient (Wildman–Crippen LogP) is 5.51. The number of nitrogens with zero attached hydrogens (tertiary/aromatic N) is 2. The van der Waals surface area contributed by atoms with Gasteiger partial charge >= 0.3 is 0 Å². The lowest BCUT2D eigenvalue weighted by Crippen LogP contribution is -2.32. The molecule has 0 bridgehead atoms. The van der Waals surface area contributed by atoms with Crippen LogP contribution >= 0.6 is 11.6 Å². The first-order valence-corrected chi connectivity index (χ1v) is 12.3. The lowest BCUT2D eigenvalue weighted by Gasteiger charge is -2.26. The summed E-state index contributed by atoms with van der Waals surface area (Å²) in [6, 6.07) is 20.5. The fraction of sp³-hybridized carbons (Fsp3) is 0.241. The minimum atomic E-state index is -0.789. The molecule has 1 aliphatic rings. The van der Waals surface area contributed by atoms with E-state index >= 15 is 0 Å². The minimum absolute atomic E-state index is 0.0103. The molecule has 1 saturated heterocycles. The Bertz CT molecular complexity index is 1320. The van der Waals surface area contributed by atoms with E-state index in [9.17, 15) is 14.7 Å². The minimum Gasteiger partial charge on any atom is -0.507 e. The molecule has 1 atom stereocenters. The molecule has 1 amide bonds. The second-order valence-electron chi connectivity index (χ2n) is 8.99. The summed E-state index contributed by atoms with van der Waals surface area (Å²) in [5.41, 5.74) is 0.991. The maximum Gasteiger partial charge on any atom is 0.295 e. The van der Waals surface area contributed by atoms with Gasteiger partial charge in [0.25, 0.3) is 11.7 Å². The summed E-state index contributed by atoms with van der Waals surface area (Å²) < 4.78 is 11.3. The summed E-state index contributed by atoms with van der Waals surface area (Å²) in [6.45, 7) is 1.08. The van der Waals surface area contributed by atoms with E-state index in [2.05, 4.69) is 0 Å². The lowest BCUT2D eigenvalue weighted by molar-refractivity contribution is -0.139. The number of hydrogen-bond acceptors (Lipinski definition) is 6. The van der Waals surface area contributed by atoms with Gasteiger partial charge in [-0.15, -0.1) is 0 Å². The van der Waals surface area contributed by atoms with Gasteiger partial charge in [0.15, 0.2) is 0 Å². The van der Waals surface area contributed by atoms with Crippen molar-refractivity contribution in [2.24, 2.45) is 0 Å². The third kappa shape index (κ3) is 5.79. The van der Waals surface area contributed by atoms with E-state index in [-0.39, 0.29) is 11.3 Å². The molecule has 1 fully saturated rings. The van der Waals surface area contributed by atoms with Crippen molar-refractivity contribution in [1.82, 2.24) is 9.80 Å². The maximum absolute atomic E-state index is 13.3.